The Morgan fingerprint density at radius 3 is 2.88 bits per heavy atom. The van der Waals surface area contributed by atoms with Gasteiger partial charge in [-0.2, -0.15) is 0 Å². The van der Waals surface area contributed by atoms with E-state index in [1.807, 2.05) is 18.2 Å². The average molecular weight is 238 g/mol. The first kappa shape index (κ1) is 13.6. The third kappa shape index (κ3) is 4.95. The second-order valence-electron chi connectivity index (χ2n) is 3.96. The maximum Gasteiger partial charge on any atom is 0.144 e. The van der Waals surface area contributed by atoms with Gasteiger partial charge >= 0.3 is 0 Å². The molecule has 0 amide bonds. The van der Waals surface area contributed by atoms with Crippen LogP contribution >= 0.6 is 0 Å². The van der Waals surface area contributed by atoms with Crippen molar-refractivity contribution in [3.63, 3.8) is 0 Å². The van der Waals surface area contributed by atoms with Crippen molar-refractivity contribution in [3.05, 3.63) is 18.2 Å². The van der Waals surface area contributed by atoms with Gasteiger partial charge in [-0.25, -0.2) is 0 Å². The normalized spacial score (nSPS) is 10.2. The third-order valence-electron chi connectivity index (χ3n) is 2.39. The Hall–Kier alpha value is -1.42. The highest BCUT2D eigenvalue weighted by atomic mass is 16.5. The SMILES string of the molecule is CCCOc1cc(NCCCCO)ccc1N. The molecule has 4 nitrogen and oxygen atoms in total. The Morgan fingerprint density at radius 1 is 1.35 bits per heavy atom. The minimum Gasteiger partial charge on any atom is -0.491 e. The molecule has 0 unspecified atom stereocenters. The van der Waals surface area contributed by atoms with Gasteiger partial charge in [0.15, 0.2) is 0 Å². The van der Waals surface area contributed by atoms with Crippen LogP contribution in [0.1, 0.15) is 26.2 Å². The molecule has 0 aliphatic carbocycles. The Balaban J connectivity index is 2.49. The molecule has 17 heavy (non-hydrogen) atoms. The maximum absolute atomic E-state index is 8.68. The maximum atomic E-state index is 8.68. The first-order valence-corrected chi connectivity index (χ1v) is 6.15. The molecule has 0 aromatic heterocycles. The van der Waals surface area contributed by atoms with Gasteiger partial charge in [0.2, 0.25) is 0 Å². The van der Waals surface area contributed by atoms with Gasteiger partial charge in [-0.05, 0) is 31.4 Å². The molecule has 0 atom stereocenters. The molecule has 0 saturated heterocycles. The van der Waals surface area contributed by atoms with E-state index >= 15 is 0 Å². The highest BCUT2D eigenvalue weighted by Crippen LogP contribution is 2.25. The fraction of sp³-hybridized carbons (Fsp3) is 0.538. The van der Waals surface area contributed by atoms with Crippen molar-refractivity contribution in [2.75, 3.05) is 30.8 Å². The van der Waals surface area contributed by atoms with E-state index in [9.17, 15) is 0 Å². The molecule has 0 aliphatic heterocycles. The van der Waals surface area contributed by atoms with Gasteiger partial charge in [0.25, 0.3) is 0 Å². The second-order valence-corrected chi connectivity index (χ2v) is 3.96. The van der Waals surface area contributed by atoms with Crippen LogP contribution in [0.15, 0.2) is 18.2 Å². The first-order valence-electron chi connectivity index (χ1n) is 6.15. The summed E-state index contributed by atoms with van der Waals surface area (Å²) in [7, 11) is 0. The predicted molar refractivity (Wildman–Crippen MR) is 71.4 cm³/mol. The van der Waals surface area contributed by atoms with Gasteiger partial charge in [0.1, 0.15) is 5.75 Å². The number of rotatable bonds is 8. The summed E-state index contributed by atoms with van der Waals surface area (Å²) < 4.78 is 5.55. The second kappa shape index (κ2) is 7.79. The van der Waals surface area contributed by atoms with E-state index in [0.29, 0.717) is 12.3 Å². The fourth-order valence-corrected chi connectivity index (χ4v) is 1.45. The predicted octanol–water partition coefficient (Wildman–Crippen LogP) is 2.24. The summed E-state index contributed by atoms with van der Waals surface area (Å²) in [6.45, 7) is 3.83. The summed E-state index contributed by atoms with van der Waals surface area (Å²) in [5.41, 5.74) is 7.49. The lowest BCUT2D eigenvalue weighted by molar-refractivity contribution is 0.286. The van der Waals surface area contributed by atoms with Crippen LogP contribution in [0, 0.1) is 0 Å². The topological polar surface area (TPSA) is 67.5 Å². The van der Waals surface area contributed by atoms with Crippen LogP contribution in [0.5, 0.6) is 5.75 Å². The number of nitrogen functional groups attached to an aromatic ring is 1. The summed E-state index contributed by atoms with van der Waals surface area (Å²) in [4.78, 5) is 0. The molecule has 96 valence electrons. The fourth-order valence-electron chi connectivity index (χ4n) is 1.45. The van der Waals surface area contributed by atoms with Crippen LogP contribution in [0.2, 0.25) is 0 Å². The van der Waals surface area contributed by atoms with Gasteiger partial charge < -0.3 is 20.9 Å². The summed E-state index contributed by atoms with van der Waals surface area (Å²) >= 11 is 0. The Kier molecular flexibility index (Phi) is 6.25. The number of anilines is 2. The standard InChI is InChI=1S/C13H22N2O2/c1-2-9-17-13-10-11(5-6-12(13)14)15-7-3-4-8-16/h5-6,10,15-16H,2-4,7-9,14H2,1H3. The van der Waals surface area contributed by atoms with Crippen LogP contribution in [0.3, 0.4) is 0 Å². The molecule has 0 spiro atoms. The van der Waals surface area contributed by atoms with E-state index in [4.69, 9.17) is 15.6 Å². The van der Waals surface area contributed by atoms with E-state index < -0.39 is 0 Å². The Labute approximate surface area is 103 Å². The van der Waals surface area contributed by atoms with Crippen molar-refractivity contribution < 1.29 is 9.84 Å². The van der Waals surface area contributed by atoms with E-state index in [1.54, 1.807) is 0 Å². The van der Waals surface area contributed by atoms with Crippen LogP contribution in [-0.4, -0.2) is 24.9 Å². The molecule has 1 rings (SSSR count). The smallest absolute Gasteiger partial charge is 0.144 e. The molecule has 1 aromatic carbocycles. The lowest BCUT2D eigenvalue weighted by Crippen LogP contribution is -2.04. The van der Waals surface area contributed by atoms with Gasteiger partial charge in [0.05, 0.1) is 12.3 Å². The van der Waals surface area contributed by atoms with E-state index in [2.05, 4.69) is 12.2 Å². The zero-order valence-electron chi connectivity index (χ0n) is 10.4. The summed E-state index contributed by atoms with van der Waals surface area (Å²) in [6.07, 6.45) is 2.74. The number of aliphatic hydroxyl groups excluding tert-OH is 1. The van der Waals surface area contributed by atoms with Crippen molar-refractivity contribution in [1.29, 1.82) is 0 Å². The van der Waals surface area contributed by atoms with Crippen molar-refractivity contribution in [1.82, 2.24) is 0 Å². The van der Waals surface area contributed by atoms with Gasteiger partial charge in [0, 0.05) is 24.9 Å². The number of nitrogens with one attached hydrogen (secondary N) is 1. The van der Waals surface area contributed by atoms with Gasteiger partial charge in [-0.3, -0.25) is 0 Å². The van der Waals surface area contributed by atoms with Gasteiger partial charge in [-0.1, -0.05) is 6.92 Å². The number of unbranched alkanes of at least 4 members (excludes halogenated alkanes) is 1. The molecular weight excluding hydrogens is 216 g/mol. The molecular formula is C13H22N2O2. The summed E-state index contributed by atoms with van der Waals surface area (Å²) in [6, 6.07) is 5.70. The van der Waals surface area contributed by atoms with E-state index in [0.717, 1.165) is 37.2 Å². The van der Waals surface area contributed by atoms with E-state index in [1.165, 1.54) is 0 Å². The van der Waals surface area contributed by atoms with Crippen LogP contribution in [0.25, 0.3) is 0 Å². The average Bonchev–Trinajstić information content (AvgIpc) is 2.35. The molecule has 4 N–H and O–H groups in total. The van der Waals surface area contributed by atoms with Gasteiger partial charge in [-0.15, -0.1) is 0 Å². The summed E-state index contributed by atoms with van der Waals surface area (Å²) in [5, 5.41) is 12.0. The highest BCUT2D eigenvalue weighted by molar-refractivity contribution is 5.61. The van der Waals surface area contributed by atoms with Crippen molar-refractivity contribution in [2.45, 2.75) is 26.2 Å². The Morgan fingerprint density at radius 2 is 2.18 bits per heavy atom. The minimum atomic E-state index is 0.244. The zero-order chi connectivity index (χ0) is 12.5. The molecule has 1 aromatic rings. The lowest BCUT2D eigenvalue weighted by atomic mass is 10.2. The van der Waals surface area contributed by atoms with Crippen molar-refractivity contribution in [2.24, 2.45) is 0 Å². The molecule has 0 bridgehead atoms. The number of hydrogen-bond acceptors (Lipinski definition) is 4. The highest BCUT2D eigenvalue weighted by Gasteiger charge is 2.01. The number of aliphatic hydroxyl groups is 1. The molecule has 0 heterocycles. The van der Waals surface area contributed by atoms with E-state index in [-0.39, 0.29) is 6.61 Å². The first-order chi connectivity index (χ1) is 8.27. The lowest BCUT2D eigenvalue weighted by Gasteiger charge is -2.11. The number of hydrogen-bond donors (Lipinski definition) is 3. The third-order valence-corrected chi connectivity index (χ3v) is 2.39. The number of nitrogens with two attached hydrogens (primary N) is 1. The molecule has 0 aliphatic rings. The minimum absolute atomic E-state index is 0.244. The largest absolute Gasteiger partial charge is 0.491 e. The number of benzene rings is 1. The zero-order valence-corrected chi connectivity index (χ0v) is 10.4. The number of ether oxygens (including phenoxy) is 1. The van der Waals surface area contributed by atoms with Crippen LogP contribution in [-0.2, 0) is 0 Å². The Bertz CT molecular complexity index is 329. The molecule has 0 saturated carbocycles. The quantitative estimate of drug-likeness (QED) is 0.480. The molecule has 0 radical (unpaired) electrons. The molecule has 4 heteroatoms. The van der Waals surface area contributed by atoms with Crippen LogP contribution < -0.4 is 15.8 Å². The van der Waals surface area contributed by atoms with Crippen molar-refractivity contribution >= 4 is 11.4 Å². The van der Waals surface area contributed by atoms with Crippen molar-refractivity contribution in [3.8, 4) is 5.75 Å². The monoisotopic (exact) mass is 238 g/mol. The molecule has 0 fully saturated rings. The summed E-state index contributed by atoms with van der Waals surface area (Å²) in [5.74, 6) is 0.735. The van der Waals surface area contributed by atoms with Crippen LogP contribution in [0.4, 0.5) is 11.4 Å².